The van der Waals surface area contributed by atoms with E-state index in [2.05, 4.69) is 27.7 Å². The summed E-state index contributed by atoms with van der Waals surface area (Å²) < 4.78 is 17.5. The second kappa shape index (κ2) is 8.24. The third-order valence-electron chi connectivity index (χ3n) is 3.39. The molecule has 0 spiro atoms. The van der Waals surface area contributed by atoms with Crippen molar-refractivity contribution in [1.29, 1.82) is 0 Å². The van der Waals surface area contributed by atoms with Gasteiger partial charge in [0.1, 0.15) is 0 Å². The molecule has 0 fully saturated rings. The molecule has 0 amide bonds. The van der Waals surface area contributed by atoms with Crippen LogP contribution in [0.25, 0.3) is 0 Å². The minimum absolute atomic E-state index is 0.108. The first-order valence-corrected chi connectivity index (χ1v) is 8.75. The zero-order valence-corrected chi connectivity index (χ0v) is 13.5. The SMILES string of the molecule is CCCCC(C)(CC)O[Si](CCC)(OC)OC. The molecule has 0 N–H and O–H groups in total. The highest BCUT2D eigenvalue weighted by Crippen LogP contribution is 2.30. The van der Waals surface area contributed by atoms with Crippen molar-refractivity contribution in [2.45, 2.75) is 71.4 Å². The molecule has 0 aliphatic heterocycles. The van der Waals surface area contributed by atoms with Crippen LogP contribution in [0.2, 0.25) is 6.04 Å². The Morgan fingerprint density at radius 2 is 1.59 bits per heavy atom. The summed E-state index contributed by atoms with van der Waals surface area (Å²) >= 11 is 0. The van der Waals surface area contributed by atoms with E-state index in [1.807, 2.05) is 0 Å². The largest absolute Gasteiger partial charge is 0.500 e. The fourth-order valence-corrected chi connectivity index (χ4v) is 4.41. The maximum atomic E-state index is 6.31. The molecule has 0 aliphatic carbocycles. The molecule has 1 atom stereocenters. The third kappa shape index (κ3) is 5.51. The van der Waals surface area contributed by atoms with Gasteiger partial charge in [-0.3, -0.25) is 0 Å². The zero-order valence-electron chi connectivity index (χ0n) is 12.5. The smallest absolute Gasteiger partial charge is 0.377 e. The zero-order chi connectivity index (χ0) is 13.4. The molecule has 0 heterocycles. The van der Waals surface area contributed by atoms with Crippen LogP contribution in [-0.4, -0.2) is 28.6 Å². The van der Waals surface area contributed by atoms with E-state index in [9.17, 15) is 0 Å². The van der Waals surface area contributed by atoms with E-state index in [4.69, 9.17) is 13.3 Å². The van der Waals surface area contributed by atoms with E-state index < -0.39 is 8.80 Å². The summed E-state index contributed by atoms with van der Waals surface area (Å²) in [7, 11) is 0.969. The minimum atomic E-state index is -2.45. The van der Waals surface area contributed by atoms with Gasteiger partial charge in [0.25, 0.3) is 0 Å². The predicted octanol–water partition coefficient (Wildman–Crippen LogP) is 4.00. The number of hydrogen-bond acceptors (Lipinski definition) is 3. The first-order chi connectivity index (χ1) is 8.01. The van der Waals surface area contributed by atoms with E-state index in [0.717, 1.165) is 25.3 Å². The van der Waals surface area contributed by atoms with Crippen LogP contribution in [0.4, 0.5) is 0 Å². The average molecular weight is 262 g/mol. The van der Waals surface area contributed by atoms with E-state index in [1.54, 1.807) is 14.2 Å². The van der Waals surface area contributed by atoms with Crippen molar-refractivity contribution >= 4 is 8.80 Å². The van der Waals surface area contributed by atoms with E-state index in [-0.39, 0.29) is 5.60 Å². The summed E-state index contributed by atoms with van der Waals surface area (Å²) in [5.74, 6) is 0. The molecule has 3 nitrogen and oxygen atoms in total. The van der Waals surface area contributed by atoms with Crippen molar-refractivity contribution in [2.75, 3.05) is 14.2 Å². The van der Waals surface area contributed by atoms with Gasteiger partial charge >= 0.3 is 8.80 Å². The molecule has 0 saturated carbocycles. The Bertz CT molecular complexity index is 195. The highest BCUT2D eigenvalue weighted by Gasteiger charge is 2.43. The Morgan fingerprint density at radius 1 is 1.00 bits per heavy atom. The van der Waals surface area contributed by atoms with Gasteiger partial charge in [0.05, 0.1) is 5.60 Å². The average Bonchev–Trinajstić information content (AvgIpc) is 2.36. The molecule has 0 aromatic heterocycles. The second-order valence-electron chi connectivity index (χ2n) is 4.85. The number of rotatable bonds is 10. The summed E-state index contributed by atoms with van der Waals surface area (Å²) in [6, 6.07) is 0.891. The van der Waals surface area contributed by atoms with Gasteiger partial charge in [0.15, 0.2) is 0 Å². The number of unbranched alkanes of at least 4 members (excludes halogenated alkanes) is 1. The van der Waals surface area contributed by atoms with Gasteiger partial charge in [0.2, 0.25) is 0 Å². The van der Waals surface area contributed by atoms with Crippen LogP contribution in [0.1, 0.15) is 59.8 Å². The molecule has 17 heavy (non-hydrogen) atoms. The van der Waals surface area contributed by atoms with Crippen molar-refractivity contribution in [3.8, 4) is 0 Å². The normalized spacial score (nSPS) is 15.9. The lowest BCUT2D eigenvalue weighted by Crippen LogP contribution is -2.50. The fraction of sp³-hybridized carbons (Fsp3) is 1.00. The molecular formula is C13H30O3Si. The maximum absolute atomic E-state index is 6.31. The topological polar surface area (TPSA) is 27.7 Å². The van der Waals surface area contributed by atoms with Crippen LogP contribution in [0.15, 0.2) is 0 Å². The molecule has 0 bridgehead atoms. The van der Waals surface area contributed by atoms with Gasteiger partial charge in [-0.15, -0.1) is 0 Å². The standard InChI is InChI=1S/C13H30O3Si/c1-7-10-11-13(4,9-3)16-17(14-5,15-6)12-8-2/h7-12H2,1-6H3. The van der Waals surface area contributed by atoms with Crippen LogP contribution in [-0.2, 0) is 13.3 Å². The highest BCUT2D eigenvalue weighted by molar-refractivity contribution is 6.60. The quantitative estimate of drug-likeness (QED) is 0.557. The van der Waals surface area contributed by atoms with Gasteiger partial charge < -0.3 is 13.3 Å². The van der Waals surface area contributed by atoms with Crippen LogP contribution in [0.5, 0.6) is 0 Å². The molecule has 0 aromatic carbocycles. The molecule has 0 saturated heterocycles. The van der Waals surface area contributed by atoms with Crippen molar-refractivity contribution in [1.82, 2.24) is 0 Å². The Hall–Kier alpha value is 0.0969. The van der Waals surface area contributed by atoms with Crippen molar-refractivity contribution in [3.63, 3.8) is 0 Å². The lowest BCUT2D eigenvalue weighted by molar-refractivity contribution is -0.0151. The molecule has 1 unspecified atom stereocenters. The number of hydrogen-bond donors (Lipinski definition) is 0. The third-order valence-corrected chi connectivity index (χ3v) is 6.55. The van der Waals surface area contributed by atoms with Crippen LogP contribution in [0, 0.1) is 0 Å². The van der Waals surface area contributed by atoms with E-state index in [0.29, 0.717) is 0 Å². The summed E-state index contributed by atoms with van der Waals surface area (Å²) in [5.41, 5.74) is -0.108. The molecule has 0 radical (unpaired) electrons. The van der Waals surface area contributed by atoms with Crippen molar-refractivity contribution < 1.29 is 13.3 Å². The maximum Gasteiger partial charge on any atom is 0.500 e. The predicted molar refractivity (Wildman–Crippen MR) is 74.2 cm³/mol. The molecule has 0 rings (SSSR count). The highest BCUT2D eigenvalue weighted by atomic mass is 28.4. The Morgan fingerprint density at radius 3 is 1.94 bits per heavy atom. The first-order valence-electron chi connectivity index (χ1n) is 6.81. The summed E-state index contributed by atoms with van der Waals surface area (Å²) in [6.45, 7) is 8.70. The van der Waals surface area contributed by atoms with Gasteiger partial charge in [-0.2, -0.15) is 0 Å². The van der Waals surface area contributed by atoms with Crippen LogP contribution in [0.3, 0.4) is 0 Å². The molecule has 0 aromatic rings. The fourth-order valence-electron chi connectivity index (χ4n) is 1.95. The van der Waals surface area contributed by atoms with Crippen molar-refractivity contribution in [3.05, 3.63) is 0 Å². The van der Waals surface area contributed by atoms with Gasteiger partial charge in [-0.05, 0) is 19.8 Å². The Kier molecular flexibility index (Phi) is 8.29. The van der Waals surface area contributed by atoms with E-state index >= 15 is 0 Å². The Balaban J connectivity index is 4.67. The summed E-state index contributed by atoms with van der Waals surface area (Å²) in [4.78, 5) is 0. The summed E-state index contributed by atoms with van der Waals surface area (Å²) in [5, 5.41) is 0. The monoisotopic (exact) mass is 262 g/mol. The molecule has 104 valence electrons. The van der Waals surface area contributed by atoms with Gasteiger partial charge in [0, 0.05) is 20.3 Å². The first kappa shape index (κ1) is 17.1. The molecule has 4 heteroatoms. The minimum Gasteiger partial charge on any atom is -0.377 e. The lowest BCUT2D eigenvalue weighted by Gasteiger charge is -2.37. The van der Waals surface area contributed by atoms with E-state index in [1.165, 1.54) is 12.8 Å². The van der Waals surface area contributed by atoms with Crippen molar-refractivity contribution in [2.24, 2.45) is 0 Å². The van der Waals surface area contributed by atoms with Crippen LogP contribution < -0.4 is 0 Å². The Labute approximate surface area is 108 Å². The van der Waals surface area contributed by atoms with Crippen LogP contribution >= 0.6 is 0 Å². The second-order valence-corrected chi connectivity index (χ2v) is 7.74. The molecule has 0 aliphatic rings. The molecular weight excluding hydrogens is 232 g/mol. The lowest BCUT2D eigenvalue weighted by atomic mass is 9.97. The van der Waals surface area contributed by atoms with Gasteiger partial charge in [-0.25, -0.2) is 0 Å². The van der Waals surface area contributed by atoms with Gasteiger partial charge in [-0.1, -0.05) is 40.0 Å². The summed E-state index contributed by atoms with van der Waals surface area (Å²) in [6.07, 6.45) is 5.49.